The average molecular weight is 478 g/mol. The maximum Gasteiger partial charge on any atom is 0.263 e. The second kappa shape index (κ2) is 8.62. The number of ether oxygens (including phenoxy) is 1. The number of aliphatic hydroxyl groups excluding tert-OH is 1. The van der Waals surface area contributed by atoms with Crippen LogP contribution in [0.25, 0.3) is 38.1 Å². The van der Waals surface area contributed by atoms with Gasteiger partial charge in [-0.2, -0.15) is 0 Å². The van der Waals surface area contributed by atoms with Crippen molar-refractivity contribution >= 4 is 44.0 Å². The van der Waals surface area contributed by atoms with Gasteiger partial charge in [0.15, 0.2) is 6.10 Å². The summed E-state index contributed by atoms with van der Waals surface area (Å²) >= 11 is 0. The number of aliphatic hydroxyl groups is 1. The van der Waals surface area contributed by atoms with E-state index < -0.39 is 12.2 Å². The van der Waals surface area contributed by atoms with Gasteiger partial charge < -0.3 is 15.2 Å². The summed E-state index contributed by atoms with van der Waals surface area (Å²) in [6.45, 7) is 1.75. The second-order valence-electron chi connectivity index (χ2n) is 8.85. The van der Waals surface area contributed by atoms with Gasteiger partial charge in [-0.3, -0.25) is 19.0 Å². The van der Waals surface area contributed by atoms with Crippen LogP contribution in [0.1, 0.15) is 18.6 Å². The third kappa shape index (κ3) is 3.52. The van der Waals surface area contributed by atoms with E-state index in [0.29, 0.717) is 11.1 Å². The highest BCUT2D eigenvalue weighted by Crippen LogP contribution is 2.34. The average Bonchev–Trinajstić information content (AvgIpc) is 3.25. The van der Waals surface area contributed by atoms with E-state index in [4.69, 9.17) is 4.74 Å². The third-order valence-electron chi connectivity index (χ3n) is 6.60. The van der Waals surface area contributed by atoms with Gasteiger partial charge in [0, 0.05) is 34.3 Å². The fourth-order valence-corrected chi connectivity index (χ4v) is 4.81. The van der Waals surface area contributed by atoms with E-state index in [9.17, 15) is 14.7 Å². The molecule has 0 bridgehead atoms. The minimum atomic E-state index is -0.802. The molecule has 0 unspecified atom stereocenters. The van der Waals surface area contributed by atoms with Gasteiger partial charge in [0.1, 0.15) is 5.75 Å². The van der Waals surface area contributed by atoms with Gasteiger partial charge >= 0.3 is 0 Å². The van der Waals surface area contributed by atoms with Crippen molar-refractivity contribution in [3.05, 3.63) is 101 Å². The number of hydrogen-bond donors (Lipinski definition) is 2. The Morgan fingerprint density at radius 1 is 0.972 bits per heavy atom. The zero-order chi connectivity index (χ0) is 24.8. The molecule has 3 heterocycles. The number of benzene rings is 3. The normalized spacial score (nSPS) is 13.4. The van der Waals surface area contributed by atoms with Gasteiger partial charge in [0.25, 0.3) is 11.5 Å². The Kier molecular flexibility index (Phi) is 5.27. The number of rotatable bonds is 6. The van der Waals surface area contributed by atoms with E-state index in [1.165, 1.54) is 0 Å². The van der Waals surface area contributed by atoms with E-state index in [2.05, 4.69) is 10.3 Å². The summed E-state index contributed by atoms with van der Waals surface area (Å²) in [6.07, 6.45) is 0.164. The topological polar surface area (TPSA) is 92.9 Å². The Bertz CT molecular complexity index is 1800. The summed E-state index contributed by atoms with van der Waals surface area (Å²) in [6, 6.07) is 24.0. The van der Waals surface area contributed by atoms with Crippen LogP contribution in [0.15, 0.2) is 89.9 Å². The van der Waals surface area contributed by atoms with Crippen LogP contribution in [0.3, 0.4) is 0 Å². The molecule has 0 aliphatic carbocycles. The summed E-state index contributed by atoms with van der Waals surface area (Å²) in [7, 11) is 0. The summed E-state index contributed by atoms with van der Waals surface area (Å²) in [5.74, 6) is 0.179. The van der Waals surface area contributed by atoms with Crippen LogP contribution in [0.2, 0.25) is 0 Å². The molecule has 6 rings (SSSR count). The number of nitrogens with zero attached hydrogens (tertiary/aromatic N) is 2. The first-order valence-corrected chi connectivity index (χ1v) is 11.8. The van der Waals surface area contributed by atoms with Crippen molar-refractivity contribution in [1.29, 1.82) is 0 Å². The Morgan fingerprint density at radius 2 is 1.72 bits per heavy atom. The molecule has 36 heavy (non-hydrogen) atoms. The minimum Gasteiger partial charge on any atom is -0.481 e. The lowest BCUT2D eigenvalue weighted by Gasteiger charge is -2.17. The zero-order valence-electron chi connectivity index (χ0n) is 19.5. The minimum absolute atomic E-state index is 0.0848. The first-order valence-electron chi connectivity index (χ1n) is 11.8. The number of carbonyl (C=O) groups excluding carboxylic acids is 1. The van der Waals surface area contributed by atoms with Crippen LogP contribution in [-0.4, -0.2) is 33.0 Å². The van der Waals surface area contributed by atoms with Crippen molar-refractivity contribution in [2.45, 2.75) is 19.1 Å². The highest BCUT2D eigenvalue weighted by molar-refractivity contribution is 6.18. The lowest BCUT2D eigenvalue weighted by atomic mass is 10.1. The first-order chi connectivity index (χ1) is 17.5. The lowest BCUT2D eigenvalue weighted by molar-refractivity contribution is -0.127. The third-order valence-corrected chi connectivity index (χ3v) is 6.60. The van der Waals surface area contributed by atoms with Crippen molar-refractivity contribution in [3.63, 3.8) is 0 Å². The molecular formula is C29H23N3O4. The van der Waals surface area contributed by atoms with Crippen LogP contribution in [-0.2, 0) is 4.79 Å². The molecule has 0 spiro atoms. The number of pyridine rings is 2. The predicted octanol–water partition coefficient (Wildman–Crippen LogP) is 4.21. The molecular weight excluding hydrogens is 454 g/mol. The predicted molar refractivity (Wildman–Crippen MR) is 140 cm³/mol. The molecule has 0 aliphatic heterocycles. The Morgan fingerprint density at radius 3 is 2.53 bits per heavy atom. The van der Waals surface area contributed by atoms with E-state index in [1.54, 1.807) is 23.6 Å². The van der Waals surface area contributed by atoms with Crippen LogP contribution in [0.5, 0.6) is 5.75 Å². The molecule has 7 heteroatoms. The molecule has 3 aromatic heterocycles. The molecule has 0 radical (unpaired) electrons. The number of nitrogens with one attached hydrogen (secondary N) is 1. The standard InChI is InChI=1S/C29H23N3O4/c1-17(28(34)31-16-25(33)18-7-3-2-4-8-18)36-19-11-12-24-23(15-19)21-13-14-30-26-20-9-5-6-10-22(20)29(35)32(24)27(21)26/h2-15,17,25,33H,16H2,1H3,(H,31,34)/t17-,25+/m1/s1. The van der Waals surface area contributed by atoms with Crippen molar-refractivity contribution in [2.75, 3.05) is 6.54 Å². The van der Waals surface area contributed by atoms with Gasteiger partial charge in [-0.25, -0.2) is 0 Å². The largest absolute Gasteiger partial charge is 0.481 e. The zero-order valence-corrected chi connectivity index (χ0v) is 19.5. The van der Waals surface area contributed by atoms with Gasteiger partial charge in [-0.05, 0) is 42.8 Å². The van der Waals surface area contributed by atoms with Gasteiger partial charge in [-0.15, -0.1) is 0 Å². The van der Waals surface area contributed by atoms with Crippen molar-refractivity contribution in [2.24, 2.45) is 0 Å². The highest BCUT2D eigenvalue weighted by atomic mass is 16.5. The van der Waals surface area contributed by atoms with Gasteiger partial charge in [-0.1, -0.05) is 48.5 Å². The van der Waals surface area contributed by atoms with Gasteiger partial charge in [0.05, 0.1) is 22.7 Å². The quantitative estimate of drug-likeness (QED) is 0.351. The molecule has 1 amide bonds. The highest BCUT2D eigenvalue weighted by Gasteiger charge is 2.20. The number of hydrogen-bond acceptors (Lipinski definition) is 5. The number of aromatic nitrogens is 2. The molecule has 0 fully saturated rings. The molecule has 178 valence electrons. The summed E-state index contributed by atoms with van der Waals surface area (Å²) < 4.78 is 7.65. The number of amides is 1. The van der Waals surface area contributed by atoms with Crippen molar-refractivity contribution < 1.29 is 14.6 Å². The van der Waals surface area contributed by atoms with Crippen LogP contribution < -0.4 is 15.6 Å². The fraction of sp³-hybridized carbons (Fsp3) is 0.138. The summed E-state index contributed by atoms with van der Waals surface area (Å²) in [5, 5.41) is 16.2. The number of carbonyl (C=O) groups is 1. The van der Waals surface area contributed by atoms with Crippen LogP contribution in [0, 0.1) is 0 Å². The SMILES string of the molecule is C[C@@H](Oc1ccc2c(c1)c1ccnc3c4ccccc4c(=O)n2c13)C(=O)NC[C@H](O)c1ccccc1. The van der Waals surface area contributed by atoms with E-state index in [0.717, 1.165) is 38.3 Å². The second-order valence-corrected chi connectivity index (χ2v) is 8.85. The Hall–Kier alpha value is -4.49. The molecule has 0 saturated heterocycles. The summed E-state index contributed by atoms with van der Waals surface area (Å²) in [5.41, 5.74) is 2.94. The van der Waals surface area contributed by atoms with Crippen LogP contribution >= 0.6 is 0 Å². The molecule has 3 aromatic carbocycles. The van der Waals surface area contributed by atoms with E-state index >= 15 is 0 Å². The van der Waals surface area contributed by atoms with E-state index in [1.807, 2.05) is 72.8 Å². The molecule has 6 aromatic rings. The lowest BCUT2D eigenvalue weighted by Crippen LogP contribution is -2.38. The molecule has 0 aliphatic rings. The van der Waals surface area contributed by atoms with E-state index in [-0.39, 0.29) is 18.0 Å². The molecule has 2 N–H and O–H groups in total. The van der Waals surface area contributed by atoms with Gasteiger partial charge in [0.2, 0.25) is 0 Å². The molecule has 2 atom stereocenters. The monoisotopic (exact) mass is 477 g/mol. The maximum atomic E-state index is 13.4. The van der Waals surface area contributed by atoms with Crippen molar-refractivity contribution in [3.8, 4) is 5.75 Å². The summed E-state index contributed by atoms with van der Waals surface area (Å²) in [4.78, 5) is 30.6. The maximum absolute atomic E-state index is 13.4. The Balaban J connectivity index is 1.31. The smallest absolute Gasteiger partial charge is 0.263 e. The number of fused-ring (bicyclic) bond motifs is 5. The van der Waals surface area contributed by atoms with Crippen molar-refractivity contribution in [1.82, 2.24) is 14.7 Å². The fourth-order valence-electron chi connectivity index (χ4n) is 4.81. The molecule has 0 saturated carbocycles. The Labute approximate surface area is 205 Å². The first kappa shape index (κ1) is 22.0. The van der Waals surface area contributed by atoms with Crippen LogP contribution in [0.4, 0.5) is 0 Å². The molecule has 7 nitrogen and oxygen atoms in total.